The van der Waals surface area contributed by atoms with Gasteiger partial charge in [-0.1, -0.05) is 44.2 Å². The van der Waals surface area contributed by atoms with Crippen LogP contribution in [0.1, 0.15) is 51.8 Å². The van der Waals surface area contributed by atoms with Crippen molar-refractivity contribution in [3.05, 3.63) is 59.8 Å². The Labute approximate surface area is 203 Å². The molecule has 2 atom stereocenters. The molecule has 2 aromatic carbocycles. The third-order valence-electron chi connectivity index (χ3n) is 5.44. The molecule has 0 saturated heterocycles. The minimum absolute atomic E-state index is 0.0555. The molecule has 3 rings (SSSR count). The summed E-state index contributed by atoms with van der Waals surface area (Å²) in [6.45, 7) is 8.83. The van der Waals surface area contributed by atoms with Gasteiger partial charge >= 0.3 is 12.4 Å². The van der Waals surface area contributed by atoms with Gasteiger partial charge in [0.15, 0.2) is 6.04 Å². The summed E-state index contributed by atoms with van der Waals surface area (Å²) in [5.41, 5.74) is -0.380. The number of hydrogen-bond donors (Lipinski definition) is 1. The van der Waals surface area contributed by atoms with Gasteiger partial charge in [0.05, 0.1) is 5.56 Å². The van der Waals surface area contributed by atoms with Gasteiger partial charge in [-0.3, -0.25) is 0 Å². The Hall–Kier alpha value is -2.17. The van der Waals surface area contributed by atoms with Crippen molar-refractivity contribution in [3.63, 3.8) is 0 Å². The Morgan fingerprint density at radius 3 is 2.14 bits per heavy atom. The van der Waals surface area contributed by atoms with Crippen molar-refractivity contribution in [2.75, 3.05) is 0 Å². The van der Waals surface area contributed by atoms with E-state index in [1.54, 1.807) is 25.3 Å². The quantitative estimate of drug-likeness (QED) is 0.269. The predicted molar refractivity (Wildman–Crippen MR) is 127 cm³/mol. The molecule has 1 aromatic heterocycles. The first-order valence-corrected chi connectivity index (χ1v) is 12.2. The number of rotatable bonds is 6. The third-order valence-corrected chi connectivity index (χ3v) is 7.00. The summed E-state index contributed by atoms with van der Waals surface area (Å²) in [7, 11) is 0. The molecular formula is C25H28F6N2OS. The summed E-state index contributed by atoms with van der Waals surface area (Å²) in [6, 6.07) is 7.16. The van der Waals surface area contributed by atoms with Crippen LogP contribution in [0.3, 0.4) is 0 Å². The maximum absolute atomic E-state index is 14.2. The van der Waals surface area contributed by atoms with E-state index >= 15 is 0 Å². The molecule has 35 heavy (non-hydrogen) atoms. The van der Waals surface area contributed by atoms with E-state index in [0.29, 0.717) is 12.1 Å². The van der Waals surface area contributed by atoms with Crippen LogP contribution in [0.5, 0.6) is 0 Å². The standard InChI is InChI=1S/C25H28F6N2OS/c1-15(2)13-33-14-19(22(25(29,30)31)32-35(34)23(3,4)5)18-11-10-16(12-21(18)33)17-8-6-7-9-20(17)24(26,27)28/h6-12,14-15,22,32H,13H2,1-5H3. The molecule has 192 valence electrons. The number of alkyl halides is 6. The van der Waals surface area contributed by atoms with Gasteiger partial charge in [0.25, 0.3) is 0 Å². The van der Waals surface area contributed by atoms with Crippen molar-refractivity contribution >= 4 is 22.3 Å². The molecule has 0 aliphatic carbocycles. The smallest absolute Gasteiger partial charge is 0.417 e. The Balaban J connectivity index is 2.22. The van der Waals surface area contributed by atoms with Crippen LogP contribution in [0.25, 0.3) is 22.0 Å². The Morgan fingerprint density at radius 1 is 0.971 bits per heavy atom. The fourth-order valence-corrected chi connectivity index (χ4v) is 4.66. The number of benzene rings is 2. The van der Waals surface area contributed by atoms with Gasteiger partial charge in [-0.15, -0.1) is 4.72 Å². The van der Waals surface area contributed by atoms with Crippen LogP contribution in [-0.4, -0.2) is 20.0 Å². The molecule has 0 aliphatic heterocycles. The van der Waals surface area contributed by atoms with Crippen molar-refractivity contribution in [2.24, 2.45) is 5.92 Å². The zero-order chi connectivity index (χ0) is 26.3. The van der Waals surface area contributed by atoms with E-state index in [1.165, 1.54) is 42.6 Å². The van der Waals surface area contributed by atoms with E-state index in [-0.39, 0.29) is 28.0 Å². The van der Waals surface area contributed by atoms with Crippen molar-refractivity contribution in [3.8, 4) is 11.1 Å². The zero-order valence-electron chi connectivity index (χ0n) is 20.0. The van der Waals surface area contributed by atoms with E-state index < -0.39 is 40.1 Å². The molecule has 1 heterocycles. The highest BCUT2D eigenvalue weighted by atomic mass is 32.2. The Kier molecular flexibility index (Phi) is 7.60. The fraction of sp³-hybridized carbons (Fsp3) is 0.440. The second-order valence-electron chi connectivity index (χ2n) is 9.88. The van der Waals surface area contributed by atoms with Crippen LogP contribution in [0.4, 0.5) is 26.3 Å². The summed E-state index contributed by atoms with van der Waals surface area (Å²) < 4.78 is 98.7. The van der Waals surface area contributed by atoms with Gasteiger partial charge in [0, 0.05) is 40.6 Å². The lowest BCUT2D eigenvalue weighted by Gasteiger charge is -2.29. The zero-order valence-corrected chi connectivity index (χ0v) is 20.8. The van der Waals surface area contributed by atoms with Gasteiger partial charge in [-0.05, 0) is 49.9 Å². The first kappa shape index (κ1) is 27.4. The highest BCUT2D eigenvalue weighted by Gasteiger charge is 2.47. The summed E-state index contributed by atoms with van der Waals surface area (Å²) in [5, 5.41) is 0.236. The Bertz CT molecular complexity index is 1180. The van der Waals surface area contributed by atoms with E-state index in [4.69, 9.17) is 0 Å². The first-order valence-electron chi connectivity index (χ1n) is 11.0. The Morgan fingerprint density at radius 2 is 1.60 bits per heavy atom. The van der Waals surface area contributed by atoms with Gasteiger partial charge < -0.3 is 9.12 Å². The summed E-state index contributed by atoms with van der Waals surface area (Å²) in [5.74, 6) is 0.0607. The van der Waals surface area contributed by atoms with E-state index in [9.17, 15) is 30.9 Å². The minimum Gasteiger partial charge on any atom is -0.598 e. The summed E-state index contributed by atoms with van der Waals surface area (Å²) in [6.07, 6.45) is -7.98. The van der Waals surface area contributed by atoms with E-state index in [1.807, 2.05) is 13.8 Å². The SMILES string of the molecule is CC(C)Cn1cc(C(N[S+]([O-])C(C)(C)C)C(F)(F)F)c2ccc(-c3ccccc3C(F)(F)F)cc21. The molecule has 0 amide bonds. The van der Waals surface area contributed by atoms with Crippen molar-refractivity contribution in [1.29, 1.82) is 0 Å². The second-order valence-corrected chi connectivity index (χ2v) is 11.9. The van der Waals surface area contributed by atoms with Gasteiger partial charge in [-0.25, -0.2) is 0 Å². The fourth-order valence-electron chi connectivity index (χ4n) is 3.83. The molecule has 3 nitrogen and oxygen atoms in total. The lowest BCUT2D eigenvalue weighted by atomic mass is 9.97. The van der Waals surface area contributed by atoms with Gasteiger partial charge in [0.1, 0.15) is 4.75 Å². The minimum atomic E-state index is -4.75. The molecule has 0 saturated carbocycles. The maximum Gasteiger partial charge on any atom is 0.417 e. The van der Waals surface area contributed by atoms with Gasteiger partial charge in [0.2, 0.25) is 0 Å². The van der Waals surface area contributed by atoms with E-state index in [2.05, 4.69) is 4.72 Å². The van der Waals surface area contributed by atoms with E-state index in [0.717, 1.165) is 6.07 Å². The first-order chi connectivity index (χ1) is 16.0. The predicted octanol–water partition coefficient (Wildman–Crippen LogP) is 7.64. The second kappa shape index (κ2) is 9.71. The monoisotopic (exact) mass is 518 g/mol. The van der Waals surface area contributed by atoms with Crippen LogP contribution in [0.15, 0.2) is 48.7 Å². The number of aromatic nitrogens is 1. The van der Waals surface area contributed by atoms with Gasteiger partial charge in [-0.2, -0.15) is 26.3 Å². The molecule has 0 fully saturated rings. The normalized spacial score (nSPS) is 15.1. The number of fused-ring (bicyclic) bond motifs is 1. The molecular weight excluding hydrogens is 490 g/mol. The number of hydrogen-bond acceptors (Lipinski definition) is 2. The third kappa shape index (κ3) is 6.16. The number of nitrogens with one attached hydrogen (secondary N) is 1. The topological polar surface area (TPSA) is 40.0 Å². The molecule has 0 radical (unpaired) electrons. The highest BCUT2D eigenvalue weighted by Crippen LogP contribution is 2.42. The average molecular weight is 519 g/mol. The van der Waals surface area contributed by atoms with Crippen molar-refractivity contribution in [1.82, 2.24) is 9.29 Å². The largest absolute Gasteiger partial charge is 0.598 e. The van der Waals surface area contributed by atoms with Crippen LogP contribution in [0, 0.1) is 5.92 Å². The molecule has 0 spiro atoms. The van der Waals surface area contributed by atoms with Crippen LogP contribution >= 0.6 is 0 Å². The van der Waals surface area contributed by atoms with Crippen LogP contribution in [0.2, 0.25) is 0 Å². The lowest BCUT2D eigenvalue weighted by molar-refractivity contribution is -0.152. The molecule has 0 aliphatic rings. The summed E-state index contributed by atoms with van der Waals surface area (Å²) >= 11 is -2.01. The molecule has 1 N–H and O–H groups in total. The number of nitrogens with zero attached hydrogens (tertiary/aromatic N) is 1. The molecule has 0 bridgehead atoms. The number of halogens is 6. The molecule has 2 unspecified atom stereocenters. The maximum atomic E-state index is 14.2. The van der Waals surface area contributed by atoms with Crippen LogP contribution in [-0.2, 0) is 24.1 Å². The van der Waals surface area contributed by atoms with Crippen LogP contribution < -0.4 is 4.72 Å². The lowest BCUT2D eigenvalue weighted by Crippen LogP contribution is -2.45. The molecule has 10 heteroatoms. The highest BCUT2D eigenvalue weighted by molar-refractivity contribution is 7.90. The summed E-state index contributed by atoms with van der Waals surface area (Å²) in [4.78, 5) is 0. The average Bonchev–Trinajstić information content (AvgIpc) is 3.06. The molecule has 3 aromatic rings. The van der Waals surface area contributed by atoms with Crippen molar-refractivity contribution < 1.29 is 30.9 Å². The van der Waals surface area contributed by atoms with Crippen molar-refractivity contribution in [2.45, 2.75) is 64.3 Å².